The number of carbonyl (C=O) groups is 1. The van der Waals surface area contributed by atoms with E-state index in [2.05, 4.69) is 5.32 Å². The Labute approximate surface area is 158 Å². The van der Waals surface area contributed by atoms with Crippen molar-refractivity contribution < 1.29 is 13.2 Å². The van der Waals surface area contributed by atoms with Crippen molar-refractivity contribution in [3.05, 3.63) is 64.7 Å². The van der Waals surface area contributed by atoms with Crippen molar-refractivity contribution in [3.63, 3.8) is 0 Å². The Bertz CT molecular complexity index is 904. The number of halogens is 1. The van der Waals surface area contributed by atoms with Crippen LogP contribution in [0.3, 0.4) is 0 Å². The van der Waals surface area contributed by atoms with Gasteiger partial charge in [-0.3, -0.25) is 9.10 Å². The van der Waals surface area contributed by atoms with Gasteiger partial charge in [0.15, 0.2) is 0 Å². The molecule has 26 heavy (non-hydrogen) atoms. The Morgan fingerprint density at radius 1 is 1.15 bits per heavy atom. The minimum Gasteiger partial charge on any atom is -0.352 e. The van der Waals surface area contributed by atoms with Crippen LogP contribution >= 0.6 is 11.6 Å². The van der Waals surface area contributed by atoms with E-state index in [1.54, 1.807) is 24.3 Å². The largest absolute Gasteiger partial charge is 0.352 e. The molecule has 0 radical (unpaired) electrons. The van der Waals surface area contributed by atoms with E-state index in [0.717, 1.165) is 16.1 Å². The molecule has 0 saturated carbocycles. The number of anilines is 1. The highest BCUT2D eigenvalue weighted by atomic mass is 35.5. The minimum absolute atomic E-state index is 0.0111. The lowest BCUT2D eigenvalue weighted by atomic mass is 10.2. The number of benzene rings is 2. The fraction of sp³-hybridized carbons (Fsp3) is 0.222. The molecule has 0 spiro atoms. The SMILES string of the molecule is CS(=O)(=O)N(CCC(=O)NCc1ccc(Cl)cc1)c1ccc(C#N)cc1. The summed E-state index contributed by atoms with van der Waals surface area (Å²) in [5, 5.41) is 12.2. The number of hydrogen-bond donors (Lipinski definition) is 1. The highest BCUT2D eigenvalue weighted by molar-refractivity contribution is 7.92. The van der Waals surface area contributed by atoms with Gasteiger partial charge in [-0.2, -0.15) is 5.26 Å². The number of hydrogen-bond acceptors (Lipinski definition) is 4. The predicted octanol–water partition coefficient (Wildman–Crippen LogP) is 2.68. The molecule has 1 amide bonds. The molecule has 2 aromatic carbocycles. The number of rotatable bonds is 7. The summed E-state index contributed by atoms with van der Waals surface area (Å²) in [6.07, 6.45) is 1.09. The van der Waals surface area contributed by atoms with E-state index in [4.69, 9.17) is 16.9 Å². The number of nitrogens with zero attached hydrogens (tertiary/aromatic N) is 2. The van der Waals surface area contributed by atoms with Crippen molar-refractivity contribution in [2.24, 2.45) is 0 Å². The summed E-state index contributed by atoms with van der Waals surface area (Å²) >= 11 is 5.81. The molecular formula is C18H18ClN3O3S. The number of amides is 1. The van der Waals surface area contributed by atoms with Crippen LogP contribution in [0, 0.1) is 11.3 Å². The van der Waals surface area contributed by atoms with E-state index < -0.39 is 10.0 Å². The second kappa shape index (κ2) is 8.70. The van der Waals surface area contributed by atoms with Gasteiger partial charge in [0.1, 0.15) is 0 Å². The Morgan fingerprint density at radius 3 is 2.31 bits per heavy atom. The molecule has 136 valence electrons. The maximum absolute atomic E-state index is 12.0. The Hall–Kier alpha value is -2.56. The van der Waals surface area contributed by atoms with Crippen LogP contribution in [0.25, 0.3) is 0 Å². The molecule has 0 unspecified atom stereocenters. The minimum atomic E-state index is -3.55. The second-order valence-electron chi connectivity index (χ2n) is 5.65. The lowest BCUT2D eigenvalue weighted by Crippen LogP contribution is -2.34. The van der Waals surface area contributed by atoms with Gasteiger partial charge in [0.05, 0.1) is 23.6 Å². The highest BCUT2D eigenvalue weighted by Crippen LogP contribution is 2.18. The molecule has 0 bridgehead atoms. The molecule has 0 aliphatic heterocycles. The molecule has 2 rings (SSSR count). The van der Waals surface area contributed by atoms with E-state index in [1.165, 1.54) is 12.1 Å². The Balaban J connectivity index is 1.97. The summed E-state index contributed by atoms with van der Waals surface area (Å²) in [4.78, 5) is 12.0. The highest BCUT2D eigenvalue weighted by Gasteiger charge is 2.18. The van der Waals surface area contributed by atoms with Gasteiger partial charge in [-0.25, -0.2) is 8.42 Å². The van der Waals surface area contributed by atoms with Crippen LogP contribution in [0.4, 0.5) is 5.69 Å². The quantitative estimate of drug-likeness (QED) is 0.785. The molecule has 0 aliphatic carbocycles. The van der Waals surface area contributed by atoms with Gasteiger partial charge in [0, 0.05) is 24.5 Å². The first kappa shape index (κ1) is 19.8. The van der Waals surface area contributed by atoms with Crippen molar-refractivity contribution in [1.29, 1.82) is 5.26 Å². The first-order valence-corrected chi connectivity index (χ1v) is 10.0. The maximum Gasteiger partial charge on any atom is 0.232 e. The molecule has 8 heteroatoms. The van der Waals surface area contributed by atoms with Gasteiger partial charge in [-0.1, -0.05) is 23.7 Å². The first-order chi connectivity index (χ1) is 12.3. The summed E-state index contributed by atoms with van der Waals surface area (Å²) < 4.78 is 25.2. The van der Waals surface area contributed by atoms with Crippen LogP contribution in [0.1, 0.15) is 17.5 Å². The van der Waals surface area contributed by atoms with Gasteiger partial charge < -0.3 is 5.32 Å². The van der Waals surface area contributed by atoms with Gasteiger partial charge in [0.2, 0.25) is 15.9 Å². The smallest absolute Gasteiger partial charge is 0.232 e. The third-order valence-corrected chi connectivity index (χ3v) is 5.08. The molecule has 0 aromatic heterocycles. The van der Waals surface area contributed by atoms with Gasteiger partial charge >= 0.3 is 0 Å². The zero-order chi connectivity index (χ0) is 19.2. The predicted molar refractivity (Wildman–Crippen MR) is 101 cm³/mol. The average Bonchev–Trinajstić information content (AvgIpc) is 2.61. The zero-order valence-electron chi connectivity index (χ0n) is 14.1. The van der Waals surface area contributed by atoms with E-state index in [1.807, 2.05) is 18.2 Å². The van der Waals surface area contributed by atoms with Crippen LogP contribution < -0.4 is 9.62 Å². The molecule has 0 fully saturated rings. The van der Waals surface area contributed by atoms with Crippen LogP contribution in [0.2, 0.25) is 5.02 Å². The number of sulfonamides is 1. The van der Waals surface area contributed by atoms with E-state index in [9.17, 15) is 13.2 Å². The van der Waals surface area contributed by atoms with Crippen LogP contribution in [-0.4, -0.2) is 27.1 Å². The van der Waals surface area contributed by atoms with Gasteiger partial charge in [-0.15, -0.1) is 0 Å². The third-order valence-electron chi connectivity index (χ3n) is 3.63. The van der Waals surface area contributed by atoms with Crippen LogP contribution in [0.5, 0.6) is 0 Å². The molecule has 6 nitrogen and oxygen atoms in total. The number of nitrogens with one attached hydrogen (secondary N) is 1. The van der Waals surface area contributed by atoms with Gasteiger partial charge in [0.25, 0.3) is 0 Å². The molecular weight excluding hydrogens is 374 g/mol. The summed E-state index contributed by atoms with van der Waals surface area (Å²) in [5.41, 5.74) is 1.75. The van der Waals surface area contributed by atoms with Gasteiger partial charge in [-0.05, 0) is 42.0 Å². The first-order valence-electron chi connectivity index (χ1n) is 7.78. The molecule has 1 N–H and O–H groups in total. The second-order valence-corrected chi connectivity index (χ2v) is 7.99. The fourth-order valence-electron chi connectivity index (χ4n) is 2.28. The molecule has 0 saturated heterocycles. The number of nitriles is 1. The van der Waals surface area contributed by atoms with Crippen molar-refractivity contribution in [1.82, 2.24) is 5.32 Å². The third kappa shape index (κ3) is 5.76. The fourth-order valence-corrected chi connectivity index (χ4v) is 3.34. The van der Waals surface area contributed by atoms with Crippen molar-refractivity contribution in [2.75, 3.05) is 17.1 Å². The summed E-state index contributed by atoms with van der Waals surface area (Å²) in [6, 6.07) is 15.2. The van der Waals surface area contributed by atoms with E-state index >= 15 is 0 Å². The van der Waals surface area contributed by atoms with Crippen molar-refractivity contribution >= 4 is 33.2 Å². The Morgan fingerprint density at radius 2 is 1.77 bits per heavy atom. The lowest BCUT2D eigenvalue weighted by molar-refractivity contribution is -0.121. The summed E-state index contributed by atoms with van der Waals surface area (Å²) in [5.74, 6) is -0.262. The molecule has 0 aliphatic rings. The van der Waals surface area contributed by atoms with E-state index in [-0.39, 0.29) is 18.9 Å². The Kier molecular flexibility index (Phi) is 6.61. The normalized spacial score (nSPS) is 10.8. The number of carbonyl (C=O) groups excluding carboxylic acids is 1. The van der Waals surface area contributed by atoms with Crippen molar-refractivity contribution in [2.45, 2.75) is 13.0 Å². The average molecular weight is 392 g/mol. The van der Waals surface area contributed by atoms with E-state index in [0.29, 0.717) is 22.8 Å². The molecule has 0 heterocycles. The standard InChI is InChI=1S/C18H18ClN3O3S/c1-26(24,25)22(17-8-4-14(12-20)5-9-17)11-10-18(23)21-13-15-2-6-16(19)7-3-15/h2-9H,10-11,13H2,1H3,(H,21,23). The summed E-state index contributed by atoms with van der Waals surface area (Å²) in [6.45, 7) is 0.350. The summed E-state index contributed by atoms with van der Waals surface area (Å²) in [7, 11) is -3.55. The van der Waals surface area contributed by atoms with Crippen LogP contribution in [-0.2, 0) is 21.4 Å². The van der Waals surface area contributed by atoms with Crippen LogP contribution in [0.15, 0.2) is 48.5 Å². The van der Waals surface area contributed by atoms with Crippen molar-refractivity contribution in [3.8, 4) is 6.07 Å². The monoisotopic (exact) mass is 391 g/mol. The maximum atomic E-state index is 12.0. The molecule has 0 atom stereocenters. The topological polar surface area (TPSA) is 90.3 Å². The molecule has 2 aromatic rings. The lowest BCUT2D eigenvalue weighted by Gasteiger charge is -2.22. The zero-order valence-corrected chi connectivity index (χ0v) is 15.7.